The summed E-state index contributed by atoms with van der Waals surface area (Å²) in [7, 11) is 1.36. The lowest BCUT2D eigenvalue weighted by Crippen LogP contribution is -2.21. The molecule has 1 aromatic carbocycles. The van der Waals surface area contributed by atoms with Crippen LogP contribution in [0.15, 0.2) is 35.3 Å². The van der Waals surface area contributed by atoms with Gasteiger partial charge in [-0.2, -0.15) is 9.78 Å². The molecule has 0 aliphatic heterocycles. The van der Waals surface area contributed by atoms with Crippen LogP contribution in [0.4, 0.5) is 4.39 Å². The molecule has 5 nitrogen and oxygen atoms in total. The van der Waals surface area contributed by atoms with E-state index in [9.17, 15) is 9.18 Å². The molecule has 0 unspecified atom stereocenters. The first-order valence-corrected chi connectivity index (χ1v) is 4.74. The Labute approximate surface area is 95.7 Å². The number of aromatic nitrogens is 2. The van der Waals surface area contributed by atoms with Crippen LogP contribution in [0.25, 0.3) is 5.69 Å². The van der Waals surface area contributed by atoms with Gasteiger partial charge in [0.15, 0.2) is 5.82 Å². The molecule has 0 radical (unpaired) electrons. The molecule has 6 heteroatoms. The van der Waals surface area contributed by atoms with E-state index in [0.29, 0.717) is 0 Å². The lowest BCUT2D eigenvalue weighted by atomic mass is 10.3. The molecule has 1 aromatic heterocycles. The van der Waals surface area contributed by atoms with Crippen molar-refractivity contribution in [2.24, 2.45) is 0 Å². The number of methoxy groups -OCH3 is 1. The maximum atomic E-state index is 13.7. The summed E-state index contributed by atoms with van der Waals surface area (Å²) in [5.74, 6) is -0.725. The number of rotatable bonds is 2. The van der Waals surface area contributed by atoms with E-state index in [1.807, 2.05) is 0 Å². The number of halogens is 1. The van der Waals surface area contributed by atoms with E-state index in [2.05, 4.69) is 5.10 Å². The molecule has 2 rings (SSSR count). The molecule has 0 atom stereocenters. The summed E-state index contributed by atoms with van der Waals surface area (Å²) in [4.78, 5) is 11.6. The standard InChI is InChI=1S/C11H9FN2O3/c1-17-9-4-2-3-8(12)11(9)14-10(16)5-7(15)6-13-14/h2-6,15H,1H3. The number of aromatic hydroxyl groups is 1. The van der Waals surface area contributed by atoms with Crippen molar-refractivity contribution in [3.05, 3.63) is 46.6 Å². The highest BCUT2D eigenvalue weighted by Crippen LogP contribution is 2.23. The van der Waals surface area contributed by atoms with Crippen molar-refractivity contribution >= 4 is 0 Å². The molecular formula is C11H9FN2O3. The Morgan fingerprint density at radius 3 is 2.88 bits per heavy atom. The molecule has 2 aromatic rings. The highest BCUT2D eigenvalue weighted by molar-refractivity contribution is 5.47. The summed E-state index contributed by atoms with van der Waals surface area (Å²) in [5, 5.41) is 12.7. The van der Waals surface area contributed by atoms with Gasteiger partial charge in [-0.15, -0.1) is 0 Å². The van der Waals surface area contributed by atoms with Gasteiger partial charge < -0.3 is 9.84 Å². The third kappa shape index (κ3) is 1.96. The van der Waals surface area contributed by atoms with Crippen molar-refractivity contribution in [2.75, 3.05) is 7.11 Å². The van der Waals surface area contributed by atoms with E-state index >= 15 is 0 Å². The van der Waals surface area contributed by atoms with Gasteiger partial charge in [-0.25, -0.2) is 4.39 Å². The molecule has 17 heavy (non-hydrogen) atoms. The average molecular weight is 236 g/mol. The van der Waals surface area contributed by atoms with Crippen molar-refractivity contribution in [3.8, 4) is 17.2 Å². The van der Waals surface area contributed by atoms with E-state index < -0.39 is 11.4 Å². The quantitative estimate of drug-likeness (QED) is 0.847. The van der Waals surface area contributed by atoms with E-state index in [1.54, 1.807) is 0 Å². The molecule has 1 heterocycles. The maximum absolute atomic E-state index is 13.7. The van der Waals surface area contributed by atoms with Crippen LogP contribution in [-0.2, 0) is 0 Å². The monoisotopic (exact) mass is 236 g/mol. The van der Waals surface area contributed by atoms with Gasteiger partial charge in [0.1, 0.15) is 17.2 Å². The minimum Gasteiger partial charge on any atom is -0.506 e. The predicted molar refractivity (Wildman–Crippen MR) is 58.0 cm³/mol. The molecule has 0 spiro atoms. The first-order valence-electron chi connectivity index (χ1n) is 4.74. The van der Waals surface area contributed by atoms with Crippen molar-refractivity contribution < 1.29 is 14.2 Å². The summed E-state index contributed by atoms with van der Waals surface area (Å²) in [6.07, 6.45) is 1.05. The van der Waals surface area contributed by atoms with E-state index in [1.165, 1.54) is 25.3 Å². The fourth-order valence-corrected chi connectivity index (χ4v) is 1.43. The lowest BCUT2D eigenvalue weighted by molar-refractivity contribution is 0.405. The van der Waals surface area contributed by atoms with Crippen LogP contribution in [0.1, 0.15) is 0 Å². The number of para-hydroxylation sites is 1. The third-order valence-electron chi connectivity index (χ3n) is 2.17. The Morgan fingerprint density at radius 1 is 1.47 bits per heavy atom. The summed E-state index contributed by atoms with van der Waals surface area (Å²) in [6.45, 7) is 0. The van der Waals surface area contributed by atoms with Gasteiger partial charge >= 0.3 is 0 Å². The normalized spacial score (nSPS) is 10.2. The number of ether oxygens (including phenoxy) is 1. The SMILES string of the molecule is COc1cccc(F)c1-n1ncc(O)cc1=O. The van der Waals surface area contributed by atoms with Gasteiger partial charge in [-0.05, 0) is 12.1 Å². The number of nitrogens with zero attached hydrogens (tertiary/aromatic N) is 2. The number of hydrogen-bond donors (Lipinski definition) is 1. The van der Waals surface area contributed by atoms with Gasteiger partial charge in [-0.1, -0.05) is 6.07 Å². The number of hydrogen-bond acceptors (Lipinski definition) is 4. The molecule has 0 amide bonds. The van der Waals surface area contributed by atoms with Crippen molar-refractivity contribution in [1.82, 2.24) is 9.78 Å². The van der Waals surface area contributed by atoms with Crippen LogP contribution >= 0.6 is 0 Å². The Kier molecular flexibility index (Phi) is 2.78. The molecule has 0 bridgehead atoms. The average Bonchev–Trinajstić information content (AvgIpc) is 2.30. The summed E-state index contributed by atoms with van der Waals surface area (Å²) in [5.41, 5.74) is -0.728. The Morgan fingerprint density at radius 2 is 2.24 bits per heavy atom. The Hall–Kier alpha value is -2.37. The predicted octanol–water partition coefficient (Wildman–Crippen LogP) is 1.09. The van der Waals surface area contributed by atoms with Gasteiger partial charge in [0.05, 0.1) is 13.3 Å². The van der Waals surface area contributed by atoms with Crippen LogP contribution in [0, 0.1) is 5.82 Å². The number of benzene rings is 1. The van der Waals surface area contributed by atoms with Crippen LogP contribution in [-0.4, -0.2) is 22.0 Å². The minimum atomic E-state index is -0.645. The molecule has 88 valence electrons. The second-order valence-corrected chi connectivity index (χ2v) is 3.25. The molecule has 0 aliphatic rings. The topological polar surface area (TPSA) is 64.3 Å². The van der Waals surface area contributed by atoms with Crippen molar-refractivity contribution in [1.29, 1.82) is 0 Å². The second-order valence-electron chi connectivity index (χ2n) is 3.25. The molecule has 1 N–H and O–H groups in total. The fraction of sp³-hybridized carbons (Fsp3) is 0.0909. The molecule has 0 aliphatic carbocycles. The van der Waals surface area contributed by atoms with Crippen LogP contribution in [0.3, 0.4) is 0 Å². The van der Waals surface area contributed by atoms with Gasteiger partial charge in [0.2, 0.25) is 0 Å². The van der Waals surface area contributed by atoms with E-state index in [0.717, 1.165) is 16.9 Å². The van der Waals surface area contributed by atoms with Crippen LogP contribution in [0.5, 0.6) is 11.5 Å². The van der Waals surface area contributed by atoms with Crippen molar-refractivity contribution in [2.45, 2.75) is 0 Å². The van der Waals surface area contributed by atoms with E-state index in [-0.39, 0.29) is 17.2 Å². The zero-order valence-corrected chi connectivity index (χ0v) is 8.92. The second kappa shape index (κ2) is 4.25. The van der Waals surface area contributed by atoms with Gasteiger partial charge in [0.25, 0.3) is 5.56 Å². The molecule has 0 saturated carbocycles. The van der Waals surface area contributed by atoms with Crippen LogP contribution < -0.4 is 10.3 Å². The highest BCUT2D eigenvalue weighted by atomic mass is 19.1. The maximum Gasteiger partial charge on any atom is 0.275 e. The zero-order valence-electron chi connectivity index (χ0n) is 8.92. The summed E-state index contributed by atoms with van der Waals surface area (Å²) >= 11 is 0. The van der Waals surface area contributed by atoms with Gasteiger partial charge in [0, 0.05) is 6.07 Å². The summed E-state index contributed by atoms with van der Waals surface area (Å²) < 4.78 is 19.5. The first kappa shape index (κ1) is 11.1. The van der Waals surface area contributed by atoms with Crippen molar-refractivity contribution in [3.63, 3.8) is 0 Å². The molecule has 0 saturated heterocycles. The molecule has 0 fully saturated rings. The zero-order chi connectivity index (χ0) is 12.4. The largest absolute Gasteiger partial charge is 0.506 e. The van der Waals surface area contributed by atoms with E-state index in [4.69, 9.17) is 9.84 Å². The highest BCUT2D eigenvalue weighted by Gasteiger charge is 2.13. The van der Waals surface area contributed by atoms with Crippen LogP contribution in [0.2, 0.25) is 0 Å². The molecular weight excluding hydrogens is 227 g/mol. The first-order chi connectivity index (χ1) is 8.13. The Balaban J connectivity index is 2.72. The smallest absolute Gasteiger partial charge is 0.275 e. The minimum absolute atomic E-state index is 0.0833. The fourth-order valence-electron chi connectivity index (χ4n) is 1.43. The van der Waals surface area contributed by atoms with Gasteiger partial charge in [-0.3, -0.25) is 4.79 Å². The summed E-state index contributed by atoms with van der Waals surface area (Å²) in [6, 6.07) is 5.11. The Bertz CT molecular complexity index is 610. The third-order valence-corrected chi connectivity index (χ3v) is 2.17. The lowest BCUT2D eigenvalue weighted by Gasteiger charge is -2.10.